The van der Waals surface area contributed by atoms with Crippen molar-refractivity contribution in [2.75, 3.05) is 32.1 Å². The summed E-state index contributed by atoms with van der Waals surface area (Å²) in [6, 6.07) is 4.32. The first kappa shape index (κ1) is 12.8. The Balaban J connectivity index is 2.14. The third-order valence-electron chi connectivity index (χ3n) is 2.97. The van der Waals surface area contributed by atoms with Gasteiger partial charge in [-0.3, -0.25) is 0 Å². The molecule has 0 amide bonds. The van der Waals surface area contributed by atoms with Crippen molar-refractivity contribution in [3.63, 3.8) is 0 Å². The molecule has 1 aromatic rings. The van der Waals surface area contributed by atoms with Crippen molar-refractivity contribution in [3.05, 3.63) is 22.8 Å². The second kappa shape index (κ2) is 5.33. The van der Waals surface area contributed by atoms with Gasteiger partial charge < -0.3 is 14.9 Å². The van der Waals surface area contributed by atoms with E-state index in [9.17, 15) is 5.11 Å². The highest BCUT2D eigenvalue weighted by atomic mass is 79.9. The zero-order valence-electron chi connectivity index (χ0n) is 10.2. The number of aliphatic hydroxyl groups is 1. The average molecular weight is 300 g/mol. The molecule has 1 aliphatic heterocycles. The van der Waals surface area contributed by atoms with Gasteiger partial charge in [-0.15, -0.1) is 0 Å². The summed E-state index contributed by atoms with van der Waals surface area (Å²) in [6.07, 6.45) is 2.37. The predicted molar refractivity (Wildman–Crippen MR) is 72.2 cm³/mol. The second-order valence-electron chi connectivity index (χ2n) is 4.79. The van der Waals surface area contributed by atoms with Gasteiger partial charge in [0.25, 0.3) is 0 Å². The van der Waals surface area contributed by atoms with Crippen LogP contribution >= 0.6 is 15.9 Å². The highest BCUT2D eigenvalue weighted by Crippen LogP contribution is 2.25. The predicted octanol–water partition coefficient (Wildman–Crippen LogP) is 1.35. The standard InChI is InChI=1S/C12H18BrN3O/c1-15(2)7-10-5-11(17)8-16(10)12-4-3-9(13)6-14-12/h3-4,6,10-11,17H,5,7-8H2,1-2H3. The smallest absolute Gasteiger partial charge is 0.128 e. The van der Waals surface area contributed by atoms with Gasteiger partial charge in [-0.05, 0) is 48.6 Å². The number of anilines is 1. The minimum absolute atomic E-state index is 0.245. The molecule has 1 aromatic heterocycles. The summed E-state index contributed by atoms with van der Waals surface area (Å²) in [5.74, 6) is 0.941. The summed E-state index contributed by atoms with van der Waals surface area (Å²) in [5, 5.41) is 9.80. The summed E-state index contributed by atoms with van der Waals surface area (Å²) in [7, 11) is 4.11. The Hall–Kier alpha value is -0.650. The van der Waals surface area contributed by atoms with Gasteiger partial charge in [-0.1, -0.05) is 0 Å². The van der Waals surface area contributed by atoms with E-state index in [1.807, 2.05) is 12.1 Å². The van der Waals surface area contributed by atoms with Crippen LogP contribution in [0.2, 0.25) is 0 Å². The quantitative estimate of drug-likeness (QED) is 0.914. The van der Waals surface area contributed by atoms with Crippen molar-refractivity contribution in [3.8, 4) is 0 Å². The molecule has 2 rings (SSSR count). The van der Waals surface area contributed by atoms with Crippen LogP contribution < -0.4 is 4.90 Å². The molecule has 0 aliphatic carbocycles. The summed E-state index contributed by atoms with van der Waals surface area (Å²) < 4.78 is 0.977. The van der Waals surface area contributed by atoms with E-state index in [-0.39, 0.29) is 6.10 Å². The van der Waals surface area contributed by atoms with Gasteiger partial charge in [0, 0.05) is 29.8 Å². The summed E-state index contributed by atoms with van der Waals surface area (Å²) in [6.45, 7) is 1.61. The molecule has 1 fully saturated rings. The monoisotopic (exact) mass is 299 g/mol. The largest absolute Gasteiger partial charge is 0.391 e. The maximum absolute atomic E-state index is 9.80. The maximum Gasteiger partial charge on any atom is 0.128 e. The maximum atomic E-state index is 9.80. The Labute approximate surface area is 110 Å². The molecule has 1 aliphatic rings. The van der Waals surface area contributed by atoms with Gasteiger partial charge in [0.15, 0.2) is 0 Å². The van der Waals surface area contributed by atoms with Gasteiger partial charge in [-0.25, -0.2) is 4.98 Å². The van der Waals surface area contributed by atoms with E-state index in [1.165, 1.54) is 0 Å². The SMILES string of the molecule is CN(C)CC1CC(O)CN1c1ccc(Br)cn1. The zero-order valence-corrected chi connectivity index (χ0v) is 11.8. The lowest BCUT2D eigenvalue weighted by molar-refractivity contribution is 0.191. The molecular weight excluding hydrogens is 282 g/mol. The first-order valence-corrected chi connectivity index (χ1v) is 6.56. The van der Waals surface area contributed by atoms with Crippen LogP contribution in [0.4, 0.5) is 5.82 Å². The highest BCUT2D eigenvalue weighted by Gasteiger charge is 2.31. The number of nitrogens with zero attached hydrogens (tertiary/aromatic N) is 3. The number of hydrogen-bond acceptors (Lipinski definition) is 4. The van der Waals surface area contributed by atoms with Crippen molar-refractivity contribution < 1.29 is 5.11 Å². The number of aromatic nitrogens is 1. The summed E-state index contributed by atoms with van der Waals surface area (Å²) >= 11 is 3.38. The molecule has 0 aromatic carbocycles. The van der Waals surface area contributed by atoms with Crippen molar-refractivity contribution in [1.29, 1.82) is 0 Å². The minimum Gasteiger partial charge on any atom is -0.391 e. The van der Waals surface area contributed by atoms with Crippen LogP contribution in [0.3, 0.4) is 0 Å². The number of halogens is 1. The summed E-state index contributed by atoms with van der Waals surface area (Å²) in [5.41, 5.74) is 0. The van der Waals surface area contributed by atoms with E-state index in [0.29, 0.717) is 12.6 Å². The fourth-order valence-electron chi connectivity index (χ4n) is 2.31. The van der Waals surface area contributed by atoms with Crippen LogP contribution in [0.5, 0.6) is 0 Å². The minimum atomic E-state index is -0.245. The van der Waals surface area contributed by atoms with Gasteiger partial charge in [-0.2, -0.15) is 0 Å². The number of pyridine rings is 1. The fraction of sp³-hybridized carbons (Fsp3) is 0.583. The van der Waals surface area contributed by atoms with E-state index in [0.717, 1.165) is 23.3 Å². The topological polar surface area (TPSA) is 39.6 Å². The Morgan fingerprint density at radius 3 is 2.88 bits per heavy atom. The van der Waals surface area contributed by atoms with Crippen LogP contribution in [0, 0.1) is 0 Å². The number of rotatable bonds is 3. The Morgan fingerprint density at radius 2 is 2.29 bits per heavy atom. The van der Waals surface area contributed by atoms with Gasteiger partial charge in [0.2, 0.25) is 0 Å². The number of aliphatic hydroxyl groups excluding tert-OH is 1. The molecule has 1 N–H and O–H groups in total. The molecule has 94 valence electrons. The Bertz CT molecular complexity index is 369. The molecule has 0 saturated carbocycles. The average Bonchev–Trinajstić information content (AvgIpc) is 2.59. The highest BCUT2D eigenvalue weighted by molar-refractivity contribution is 9.10. The van der Waals surface area contributed by atoms with Crippen LogP contribution in [0.1, 0.15) is 6.42 Å². The van der Waals surface area contributed by atoms with E-state index in [4.69, 9.17) is 0 Å². The van der Waals surface area contributed by atoms with E-state index < -0.39 is 0 Å². The Morgan fingerprint density at radius 1 is 1.53 bits per heavy atom. The first-order valence-electron chi connectivity index (χ1n) is 5.77. The molecule has 17 heavy (non-hydrogen) atoms. The van der Waals surface area contributed by atoms with Crippen LogP contribution in [0.15, 0.2) is 22.8 Å². The van der Waals surface area contributed by atoms with E-state index in [2.05, 4.69) is 44.8 Å². The molecule has 0 radical (unpaired) electrons. The van der Waals surface area contributed by atoms with Crippen molar-refractivity contribution in [1.82, 2.24) is 9.88 Å². The molecular formula is C12H18BrN3O. The molecule has 2 heterocycles. The third kappa shape index (κ3) is 3.18. The van der Waals surface area contributed by atoms with E-state index >= 15 is 0 Å². The first-order chi connectivity index (χ1) is 8.06. The van der Waals surface area contributed by atoms with Crippen molar-refractivity contribution in [2.45, 2.75) is 18.6 Å². The molecule has 1 saturated heterocycles. The Kier molecular flexibility index (Phi) is 4.01. The molecule has 0 spiro atoms. The normalized spacial score (nSPS) is 24.6. The third-order valence-corrected chi connectivity index (χ3v) is 3.44. The summed E-state index contributed by atoms with van der Waals surface area (Å²) in [4.78, 5) is 8.74. The van der Waals surface area contributed by atoms with Crippen LogP contribution in [-0.4, -0.2) is 54.3 Å². The molecule has 4 nitrogen and oxygen atoms in total. The molecule has 5 heteroatoms. The van der Waals surface area contributed by atoms with Gasteiger partial charge in [0.05, 0.1) is 6.10 Å². The fourth-order valence-corrected chi connectivity index (χ4v) is 2.54. The lowest BCUT2D eigenvalue weighted by atomic mass is 10.2. The van der Waals surface area contributed by atoms with Crippen molar-refractivity contribution >= 4 is 21.7 Å². The lowest BCUT2D eigenvalue weighted by Crippen LogP contribution is -2.38. The van der Waals surface area contributed by atoms with Crippen LogP contribution in [0.25, 0.3) is 0 Å². The molecule has 2 unspecified atom stereocenters. The van der Waals surface area contributed by atoms with Crippen LogP contribution in [-0.2, 0) is 0 Å². The van der Waals surface area contributed by atoms with Gasteiger partial charge >= 0.3 is 0 Å². The lowest BCUT2D eigenvalue weighted by Gasteiger charge is -2.27. The van der Waals surface area contributed by atoms with Gasteiger partial charge in [0.1, 0.15) is 5.82 Å². The number of β-amino-alcohol motifs (C(OH)–C–C–N with tert-alkyl or cyclic N) is 1. The number of likely N-dealkylation sites (N-methyl/N-ethyl adjacent to an activating group) is 1. The molecule has 2 atom stereocenters. The number of hydrogen-bond donors (Lipinski definition) is 1. The van der Waals surface area contributed by atoms with Crippen molar-refractivity contribution in [2.24, 2.45) is 0 Å². The zero-order chi connectivity index (χ0) is 12.4. The van der Waals surface area contributed by atoms with E-state index in [1.54, 1.807) is 6.20 Å². The second-order valence-corrected chi connectivity index (χ2v) is 5.71. The molecule has 0 bridgehead atoms.